The SMILES string of the molecule is CCOCCC(C)(C)NC(=O)CCOCCOCCN(N)/C=C(\N)c1ccc(NC(=O)c2ccn3c(C)cc(C)nc23)cc1. The van der Waals surface area contributed by atoms with Crippen LogP contribution in [-0.4, -0.2) is 77.9 Å². The summed E-state index contributed by atoms with van der Waals surface area (Å²) in [5, 5.41) is 7.38. The van der Waals surface area contributed by atoms with Crippen LogP contribution in [0.1, 0.15) is 60.9 Å². The molecule has 2 heterocycles. The monoisotopic (exact) mass is 609 g/mol. The number of anilines is 1. The molecule has 0 aliphatic rings. The minimum atomic E-state index is -0.321. The van der Waals surface area contributed by atoms with Gasteiger partial charge in [-0.05, 0) is 70.9 Å². The van der Waals surface area contributed by atoms with E-state index in [1.165, 1.54) is 5.01 Å². The average Bonchev–Trinajstić information content (AvgIpc) is 3.39. The Morgan fingerprint density at radius 3 is 2.43 bits per heavy atom. The highest BCUT2D eigenvalue weighted by Crippen LogP contribution is 2.18. The van der Waals surface area contributed by atoms with Gasteiger partial charge in [0.2, 0.25) is 5.91 Å². The van der Waals surface area contributed by atoms with E-state index in [1.54, 1.807) is 24.4 Å². The number of aromatic nitrogens is 2. The van der Waals surface area contributed by atoms with E-state index in [0.717, 1.165) is 23.4 Å². The summed E-state index contributed by atoms with van der Waals surface area (Å²) in [6, 6.07) is 10.9. The summed E-state index contributed by atoms with van der Waals surface area (Å²) in [5.41, 5.74) is 10.8. The van der Waals surface area contributed by atoms with Crippen molar-refractivity contribution in [1.29, 1.82) is 0 Å². The highest BCUT2D eigenvalue weighted by molar-refractivity contribution is 6.08. The van der Waals surface area contributed by atoms with E-state index in [2.05, 4.69) is 15.6 Å². The third kappa shape index (κ3) is 10.9. The van der Waals surface area contributed by atoms with Gasteiger partial charge in [-0.25, -0.2) is 10.8 Å². The maximum absolute atomic E-state index is 12.9. The molecule has 12 heteroatoms. The molecule has 1 aromatic carbocycles. The topological polar surface area (TPSA) is 158 Å². The molecule has 0 saturated carbocycles. The van der Waals surface area contributed by atoms with Crippen molar-refractivity contribution in [3.8, 4) is 0 Å². The summed E-state index contributed by atoms with van der Waals surface area (Å²) in [6.45, 7) is 13.0. The van der Waals surface area contributed by atoms with E-state index < -0.39 is 0 Å². The number of benzene rings is 1. The van der Waals surface area contributed by atoms with Crippen LogP contribution in [0, 0.1) is 13.8 Å². The first-order valence-corrected chi connectivity index (χ1v) is 14.9. The minimum Gasteiger partial charge on any atom is -0.397 e. The third-order valence-electron chi connectivity index (χ3n) is 6.86. The number of carbonyl (C=O) groups is 2. The molecule has 0 unspecified atom stereocenters. The van der Waals surface area contributed by atoms with Gasteiger partial charge >= 0.3 is 0 Å². The summed E-state index contributed by atoms with van der Waals surface area (Å²) in [4.78, 5) is 29.6. The first kappa shape index (κ1) is 34.5. The number of hydrazine groups is 1. The minimum absolute atomic E-state index is 0.0523. The lowest BCUT2D eigenvalue weighted by atomic mass is 10.0. The number of fused-ring (bicyclic) bond motifs is 1. The van der Waals surface area contributed by atoms with Gasteiger partial charge < -0.3 is 40.0 Å². The Morgan fingerprint density at radius 1 is 1.02 bits per heavy atom. The highest BCUT2D eigenvalue weighted by atomic mass is 16.5. The molecule has 0 saturated heterocycles. The molecule has 3 rings (SSSR count). The molecular formula is C32H47N7O5. The Kier molecular flexibility index (Phi) is 13.2. The average molecular weight is 610 g/mol. The Balaban J connectivity index is 1.33. The standard InChI is InChI=1S/C32H47N7O5/c1-6-42-17-13-32(4,5)37-29(40)12-16-43-19-20-44-18-15-38(34)22-28(33)25-7-9-26(10-8-25)36-31(41)27-11-14-39-24(3)21-23(2)35-30(27)39/h7-11,14,21-22H,6,12-13,15-20,33-34H2,1-5H3,(H,36,41)(H,37,40)/b28-22-. The molecule has 0 aliphatic heterocycles. The Morgan fingerprint density at radius 2 is 1.73 bits per heavy atom. The van der Waals surface area contributed by atoms with Crippen LogP contribution in [0.2, 0.25) is 0 Å². The van der Waals surface area contributed by atoms with Gasteiger partial charge in [0.05, 0.1) is 44.2 Å². The molecule has 44 heavy (non-hydrogen) atoms. The first-order chi connectivity index (χ1) is 21.0. The number of nitrogens with one attached hydrogen (secondary N) is 2. The van der Waals surface area contributed by atoms with E-state index in [1.807, 2.05) is 63.4 Å². The summed E-state index contributed by atoms with van der Waals surface area (Å²) >= 11 is 0. The van der Waals surface area contributed by atoms with E-state index in [4.69, 9.17) is 25.8 Å². The smallest absolute Gasteiger partial charge is 0.259 e. The second-order valence-corrected chi connectivity index (χ2v) is 11.2. The number of ether oxygens (including phenoxy) is 3. The molecule has 0 fully saturated rings. The van der Waals surface area contributed by atoms with E-state index in [0.29, 0.717) is 68.8 Å². The van der Waals surface area contributed by atoms with Crippen LogP contribution in [0.15, 0.2) is 48.8 Å². The molecule has 2 amide bonds. The normalized spacial score (nSPS) is 12.0. The Labute approximate surface area is 259 Å². The largest absolute Gasteiger partial charge is 0.397 e. The van der Waals surface area contributed by atoms with Gasteiger partial charge in [0.1, 0.15) is 5.65 Å². The number of hydrogen-bond donors (Lipinski definition) is 4. The maximum Gasteiger partial charge on any atom is 0.259 e. The van der Waals surface area contributed by atoms with E-state index in [9.17, 15) is 9.59 Å². The predicted octanol–water partition coefficient (Wildman–Crippen LogP) is 3.38. The van der Waals surface area contributed by atoms with Crippen LogP contribution >= 0.6 is 0 Å². The van der Waals surface area contributed by atoms with Gasteiger partial charge in [0, 0.05) is 54.6 Å². The van der Waals surface area contributed by atoms with Crippen molar-refractivity contribution in [1.82, 2.24) is 19.7 Å². The van der Waals surface area contributed by atoms with Gasteiger partial charge in [-0.3, -0.25) is 9.59 Å². The van der Waals surface area contributed by atoms with Gasteiger partial charge in [0.25, 0.3) is 5.91 Å². The molecule has 3 aromatic rings. The number of hydrogen-bond acceptors (Lipinski definition) is 9. The number of rotatable bonds is 18. The molecule has 0 aliphatic carbocycles. The molecule has 12 nitrogen and oxygen atoms in total. The third-order valence-corrected chi connectivity index (χ3v) is 6.86. The second-order valence-electron chi connectivity index (χ2n) is 11.2. The van der Waals surface area contributed by atoms with Crippen LogP contribution in [0.4, 0.5) is 5.69 Å². The molecule has 240 valence electrons. The van der Waals surface area contributed by atoms with Crippen LogP contribution in [0.3, 0.4) is 0 Å². The summed E-state index contributed by atoms with van der Waals surface area (Å²) in [5.74, 6) is 5.77. The highest BCUT2D eigenvalue weighted by Gasteiger charge is 2.20. The molecule has 2 aromatic heterocycles. The fraction of sp³-hybridized carbons (Fsp3) is 0.469. The molecule has 0 spiro atoms. The van der Waals surface area contributed by atoms with Crippen molar-refractivity contribution in [2.75, 3.05) is 51.5 Å². The van der Waals surface area contributed by atoms with Gasteiger partial charge in [-0.2, -0.15) is 0 Å². The van der Waals surface area contributed by atoms with Gasteiger partial charge in [-0.15, -0.1) is 0 Å². The maximum atomic E-state index is 12.9. The van der Waals surface area contributed by atoms with Crippen molar-refractivity contribution in [3.05, 3.63) is 71.3 Å². The van der Waals surface area contributed by atoms with Crippen LogP contribution in [-0.2, 0) is 19.0 Å². The van der Waals surface area contributed by atoms with Crippen molar-refractivity contribution < 1.29 is 23.8 Å². The lowest BCUT2D eigenvalue weighted by Gasteiger charge is -2.26. The lowest BCUT2D eigenvalue weighted by molar-refractivity contribution is -0.124. The fourth-order valence-corrected chi connectivity index (χ4v) is 4.46. The molecule has 0 radical (unpaired) electrons. The van der Waals surface area contributed by atoms with Gasteiger partial charge in [0.15, 0.2) is 0 Å². The molecular weight excluding hydrogens is 562 g/mol. The zero-order valence-electron chi connectivity index (χ0n) is 26.5. The zero-order chi connectivity index (χ0) is 32.1. The molecule has 0 bridgehead atoms. The van der Waals surface area contributed by atoms with Crippen LogP contribution < -0.4 is 22.2 Å². The predicted molar refractivity (Wildman–Crippen MR) is 172 cm³/mol. The molecule has 0 atom stereocenters. The van der Waals surface area contributed by atoms with E-state index >= 15 is 0 Å². The number of nitrogens with zero attached hydrogens (tertiary/aromatic N) is 3. The zero-order valence-corrected chi connectivity index (χ0v) is 26.5. The van der Waals surface area contributed by atoms with Gasteiger partial charge in [-0.1, -0.05) is 12.1 Å². The number of amides is 2. The van der Waals surface area contributed by atoms with Crippen molar-refractivity contribution in [3.63, 3.8) is 0 Å². The first-order valence-electron chi connectivity index (χ1n) is 14.9. The van der Waals surface area contributed by atoms with Crippen molar-refractivity contribution in [2.45, 2.75) is 53.0 Å². The second kappa shape index (κ2) is 16.8. The number of nitrogens with two attached hydrogens (primary N) is 2. The van der Waals surface area contributed by atoms with Crippen LogP contribution in [0.5, 0.6) is 0 Å². The Bertz CT molecular complexity index is 1400. The number of aryl methyl sites for hydroxylation is 2. The summed E-state index contributed by atoms with van der Waals surface area (Å²) in [6.07, 6.45) is 4.51. The number of carbonyl (C=O) groups excluding carboxylic acids is 2. The van der Waals surface area contributed by atoms with E-state index in [-0.39, 0.29) is 23.8 Å². The molecule has 6 N–H and O–H groups in total. The summed E-state index contributed by atoms with van der Waals surface area (Å²) < 4.78 is 18.4. The van der Waals surface area contributed by atoms with Crippen LogP contribution in [0.25, 0.3) is 11.3 Å². The Hall–Kier alpha value is -3.97. The quantitative estimate of drug-likeness (QED) is 0.0964. The van der Waals surface area contributed by atoms with Crippen molar-refractivity contribution in [2.24, 2.45) is 11.6 Å². The summed E-state index contributed by atoms with van der Waals surface area (Å²) in [7, 11) is 0. The fourth-order valence-electron chi connectivity index (χ4n) is 4.46. The lowest BCUT2D eigenvalue weighted by Crippen LogP contribution is -2.44. The van der Waals surface area contributed by atoms with Crippen molar-refractivity contribution >= 4 is 28.8 Å².